The largest absolute Gasteiger partial charge is 0.480 e. The van der Waals surface area contributed by atoms with Crippen LogP contribution in [0.1, 0.15) is 60.0 Å². The van der Waals surface area contributed by atoms with Crippen molar-refractivity contribution < 1.29 is 14.7 Å². The van der Waals surface area contributed by atoms with E-state index in [1.807, 2.05) is 42.6 Å². The van der Waals surface area contributed by atoms with Crippen molar-refractivity contribution in [2.24, 2.45) is 4.99 Å². The van der Waals surface area contributed by atoms with Crippen molar-refractivity contribution in [2.75, 3.05) is 11.9 Å². The number of hydrogen-bond donors (Lipinski definition) is 2. The highest BCUT2D eigenvalue weighted by atomic mass is 16.4. The van der Waals surface area contributed by atoms with E-state index >= 15 is 0 Å². The Morgan fingerprint density at radius 2 is 1.82 bits per heavy atom. The van der Waals surface area contributed by atoms with Crippen molar-refractivity contribution in [3.05, 3.63) is 71.5 Å². The van der Waals surface area contributed by atoms with Crippen molar-refractivity contribution in [3.63, 3.8) is 0 Å². The standard InChI is InChI=1S/C27H28N4O3/c1-18(32)23-6-4-7-24(20-8-9-20)25(23)5-2-3-14-28-22-12-10-19(11-13-22)21-15-29-27(30-16-21)31-17-26(33)34/h4,6-7,10-16,20H,2-3,5,8-9,17H2,1H3,(H,33,34)(H,29,30,31). The van der Waals surface area contributed by atoms with Gasteiger partial charge in [-0.3, -0.25) is 14.6 Å². The lowest BCUT2D eigenvalue weighted by Crippen LogP contribution is -2.14. The zero-order valence-electron chi connectivity index (χ0n) is 19.2. The van der Waals surface area contributed by atoms with Gasteiger partial charge in [0, 0.05) is 29.7 Å². The van der Waals surface area contributed by atoms with Gasteiger partial charge in [0.05, 0.1) is 5.69 Å². The van der Waals surface area contributed by atoms with E-state index in [1.54, 1.807) is 19.3 Å². The number of nitrogens with zero attached hydrogens (tertiary/aromatic N) is 3. The van der Waals surface area contributed by atoms with Crippen LogP contribution in [-0.2, 0) is 11.2 Å². The van der Waals surface area contributed by atoms with Crippen LogP contribution in [0, 0.1) is 0 Å². The number of rotatable bonds is 11. The molecule has 1 aliphatic rings. The molecule has 34 heavy (non-hydrogen) atoms. The van der Waals surface area contributed by atoms with E-state index in [-0.39, 0.29) is 18.3 Å². The highest BCUT2D eigenvalue weighted by Crippen LogP contribution is 2.42. The first-order valence-electron chi connectivity index (χ1n) is 11.5. The molecule has 3 aromatic rings. The van der Waals surface area contributed by atoms with Crippen molar-refractivity contribution in [3.8, 4) is 11.1 Å². The van der Waals surface area contributed by atoms with Crippen LogP contribution in [0.5, 0.6) is 0 Å². The summed E-state index contributed by atoms with van der Waals surface area (Å²) >= 11 is 0. The molecule has 0 radical (unpaired) electrons. The Labute approximate surface area is 199 Å². The smallest absolute Gasteiger partial charge is 0.322 e. The SMILES string of the molecule is CC(=O)c1cccc(C2CC2)c1CCCC=Nc1ccc(-c2cnc(NCC(=O)O)nc2)cc1. The molecule has 7 nitrogen and oxygen atoms in total. The number of hydrogen-bond acceptors (Lipinski definition) is 6. The number of aliphatic carboxylic acids is 1. The zero-order chi connectivity index (χ0) is 23.9. The van der Waals surface area contributed by atoms with Gasteiger partial charge in [-0.25, -0.2) is 9.97 Å². The fourth-order valence-electron chi connectivity index (χ4n) is 3.99. The van der Waals surface area contributed by atoms with Gasteiger partial charge in [0.15, 0.2) is 5.78 Å². The van der Waals surface area contributed by atoms with Crippen LogP contribution in [-0.4, -0.2) is 39.6 Å². The first kappa shape index (κ1) is 23.3. The molecule has 1 heterocycles. The Balaban J connectivity index is 1.31. The summed E-state index contributed by atoms with van der Waals surface area (Å²) in [6.07, 6.45) is 10.4. The summed E-state index contributed by atoms with van der Waals surface area (Å²) in [7, 11) is 0. The fourth-order valence-corrected chi connectivity index (χ4v) is 3.99. The van der Waals surface area contributed by atoms with Crippen LogP contribution >= 0.6 is 0 Å². The van der Waals surface area contributed by atoms with Crippen molar-refractivity contribution in [1.29, 1.82) is 0 Å². The minimum Gasteiger partial charge on any atom is -0.480 e. The number of nitrogens with one attached hydrogen (secondary N) is 1. The van der Waals surface area contributed by atoms with Crippen molar-refractivity contribution in [2.45, 2.75) is 44.9 Å². The Morgan fingerprint density at radius 3 is 2.47 bits per heavy atom. The van der Waals surface area contributed by atoms with Gasteiger partial charge in [-0.1, -0.05) is 30.3 Å². The second-order valence-electron chi connectivity index (χ2n) is 8.50. The predicted octanol–water partition coefficient (Wildman–Crippen LogP) is 5.45. The second-order valence-corrected chi connectivity index (χ2v) is 8.50. The molecule has 174 valence electrons. The molecule has 0 saturated heterocycles. The van der Waals surface area contributed by atoms with Crippen LogP contribution in [0.15, 0.2) is 59.9 Å². The molecular weight excluding hydrogens is 428 g/mol. The molecule has 0 bridgehead atoms. The van der Waals surface area contributed by atoms with Crippen LogP contribution in [0.4, 0.5) is 11.6 Å². The van der Waals surface area contributed by atoms with Crippen LogP contribution in [0.25, 0.3) is 11.1 Å². The van der Waals surface area contributed by atoms with Crippen molar-refractivity contribution in [1.82, 2.24) is 9.97 Å². The van der Waals surface area contributed by atoms with Gasteiger partial charge in [0.2, 0.25) is 5.95 Å². The third kappa shape index (κ3) is 6.13. The fraction of sp³-hybridized carbons (Fsp3) is 0.296. The number of carbonyl (C=O) groups is 2. The lowest BCUT2D eigenvalue weighted by atomic mass is 9.92. The summed E-state index contributed by atoms with van der Waals surface area (Å²) < 4.78 is 0. The summed E-state index contributed by atoms with van der Waals surface area (Å²) in [5, 5.41) is 11.3. The number of carbonyl (C=O) groups excluding carboxylic acids is 1. The van der Waals surface area contributed by atoms with E-state index in [0.717, 1.165) is 41.6 Å². The molecule has 0 atom stereocenters. The molecular formula is C27H28N4O3. The van der Waals surface area contributed by atoms with E-state index in [2.05, 4.69) is 26.3 Å². The van der Waals surface area contributed by atoms with Gasteiger partial charge < -0.3 is 10.4 Å². The lowest BCUT2D eigenvalue weighted by molar-refractivity contribution is -0.134. The second kappa shape index (κ2) is 10.8. The lowest BCUT2D eigenvalue weighted by Gasteiger charge is -2.12. The summed E-state index contributed by atoms with van der Waals surface area (Å²) in [5.74, 6) is 0.0853. The van der Waals surface area contributed by atoms with Crippen LogP contribution in [0.2, 0.25) is 0 Å². The zero-order valence-corrected chi connectivity index (χ0v) is 19.2. The number of carboxylic acid groups (broad SMARTS) is 1. The number of unbranched alkanes of at least 4 members (excludes halogenated alkanes) is 1. The summed E-state index contributed by atoms with van der Waals surface area (Å²) in [6.45, 7) is 1.43. The van der Waals surface area contributed by atoms with Crippen molar-refractivity contribution >= 4 is 29.6 Å². The average molecular weight is 457 g/mol. The summed E-state index contributed by atoms with van der Waals surface area (Å²) in [4.78, 5) is 35.5. The van der Waals surface area contributed by atoms with Gasteiger partial charge in [-0.2, -0.15) is 0 Å². The van der Waals surface area contributed by atoms with Gasteiger partial charge in [-0.05, 0) is 73.8 Å². The average Bonchev–Trinajstić information content (AvgIpc) is 3.68. The number of anilines is 1. The maximum Gasteiger partial charge on any atom is 0.322 e. The summed E-state index contributed by atoms with van der Waals surface area (Å²) in [5.41, 5.74) is 6.11. The maximum absolute atomic E-state index is 12.1. The highest BCUT2D eigenvalue weighted by Gasteiger charge is 2.27. The Kier molecular flexibility index (Phi) is 7.42. The minimum atomic E-state index is -0.965. The molecule has 0 unspecified atom stereocenters. The number of carboxylic acids is 1. The molecule has 1 aromatic heterocycles. The number of ketones is 1. The number of Topliss-reactive ketones (excluding diaryl/α,β-unsaturated/α-hetero) is 1. The normalized spacial score (nSPS) is 13.2. The molecule has 0 amide bonds. The number of aliphatic imine (C=N–C) groups is 1. The van der Waals surface area contributed by atoms with Crippen LogP contribution < -0.4 is 5.32 Å². The topological polar surface area (TPSA) is 105 Å². The molecule has 7 heteroatoms. The van der Waals surface area contributed by atoms with Crippen LogP contribution in [0.3, 0.4) is 0 Å². The molecule has 1 fully saturated rings. The van der Waals surface area contributed by atoms with E-state index in [1.165, 1.54) is 24.0 Å². The van der Waals surface area contributed by atoms with Gasteiger partial charge in [0.1, 0.15) is 6.54 Å². The van der Waals surface area contributed by atoms with Gasteiger partial charge in [-0.15, -0.1) is 0 Å². The van der Waals surface area contributed by atoms with E-state index < -0.39 is 5.97 Å². The van der Waals surface area contributed by atoms with Gasteiger partial charge in [0.25, 0.3) is 0 Å². The molecule has 1 aliphatic carbocycles. The molecule has 2 aromatic carbocycles. The first-order valence-corrected chi connectivity index (χ1v) is 11.5. The number of benzene rings is 2. The van der Waals surface area contributed by atoms with E-state index in [4.69, 9.17) is 5.11 Å². The molecule has 0 spiro atoms. The summed E-state index contributed by atoms with van der Waals surface area (Å²) in [6, 6.07) is 13.9. The molecule has 2 N–H and O–H groups in total. The molecule has 0 aliphatic heterocycles. The highest BCUT2D eigenvalue weighted by molar-refractivity contribution is 5.96. The Bertz CT molecular complexity index is 1180. The minimum absolute atomic E-state index is 0.142. The third-order valence-corrected chi connectivity index (χ3v) is 5.86. The first-order chi connectivity index (χ1) is 16.5. The Morgan fingerprint density at radius 1 is 1.09 bits per heavy atom. The quantitative estimate of drug-likeness (QED) is 0.226. The predicted molar refractivity (Wildman–Crippen MR) is 133 cm³/mol. The molecule has 4 rings (SSSR count). The third-order valence-electron chi connectivity index (χ3n) is 5.86. The van der Waals surface area contributed by atoms with Gasteiger partial charge >= 0.3 is 5.97 Å². The number of aromatic nitrogens is 2. The monoisotopic (exact) mass is 456 g/mol. The van der Waals surface area contributed by atoms with E-state index in [0.29, 0.717) is 5.92 Å². The molecule has 1 saturated carbocycles. The maximum atomic E-state index is 12.1. The Hall–Kier alpha value is -3.87. The van der Waals surface area contributed by atoms with E-state index in [9.17, 15) is 9.59 Å².